The van der Waals surface area contributed by atoms with Gasteiger partial charge in [0.2, 0.25) is 0 Å². The molecule has 0 heterocycles. The van der Waals surface area contributed by atoms with E-state index in [1.54, 1.807) is 0 Å². The molecule has 0 saturated heterocycles. The largest absolute Gasteiger partial charge is 0.327 e. The summed E-state index contributed by atoms with van der Waals surface area (Å²) in [6, 6.07) is 1.20. The molecule has 2 nitrogen and oxygen atoms in total. The van der Waals surface area contributed by atoms with Crippen LogP contribution >= 0.6 is 0 Å². The summed E-state index contributed by atoms with van der Waals surface area (Å²) in [6.45, 7) is 3.27. The molecular weight excluding hydrogens is 184 g/mol. The normalized spacial score (nSPS) is 23.4. The lowest BCUT2D eigenvalue weighted by Crippen LogP contribution is -2.41. The fourth-order valence-electron chi connectivity index (χ4n) is 2.48. The Balaban J connectivity index is 1.61. The van der Waals surface area contributed by atoms with Crippen molar-refractivity contribution in [3.05, 3.63) is 0 Å². The van der Waals surface area contributed by atoms with Crippen LogP contribution in [0.3, 0.4) is 0 Å². The summed E-state index contributed by atoms with van der Waals surface area (Å²) in [7, 11) is 0. The average molecular weight is 210 g/mol. The Morgan fingerprint density at radius 2 is 1.80 bits per heavy atom. The van der Waals surface area contributed by atoms with E-state index in [0.29, 0.717) is 6.04 Å². The maximum atomic E-state index is 6.09. The first kappa shape index (κ1) is 11.4. The van der Waals surface area contributed by atoms with Crippen LogP contribution in [-0.2, 0) is 0 Å². The predicted octanol–water partition coefficient (Wildman–Crippen LogP) is 2.28. The first-order chi connectivity index (χ1) is 7.31. The van der Waals surface area contributed by atoms with Crippen molar-refractivity contribution in [3.8, 4) is 0 Å². The molecule has 88 valence electrons. The number of unbranched alkanes of at least 4 members (excludes halogenated alkanes) is 1. The molecule has 2 fully saturated rings. The quantitative estimate of drug-likeness (QED) is 0.645. The molecule has 2 aliphatic carbocycles. The zero-order valence-electron chi connectivity index (χ0n) is 10.0. The van der Waals surface area contributed by atoms with E-state index in [1.807, 2.05) is 0 Å². The molecule has 3 N–H and O–H groups in total. The van der Waals surface area contributed by atoms with Crippen LogP contribution < -0.4 is 11.1 Å². The van der Waals surface area contributed by atoms with Crippen LogP contribution in [0.5, 0.6) is 0 Å². The van der Waals surface area contributed by atoms with Crippen molar-refractivity contribution < 1.29 is 0 Å². The van der Waals surface area contributed by atoms with Crippen molar-refractivity contribution in [1.82, 2.24) is 5.32 Å². The van der Waals surface area contributed by atoms with Crippen molar-refractivity contribution in [2.45, 2.75) is 64.0 Å². The molecule has 2 saturated carbocycles. The fraction of sp³-hybridized carbons (Fsp3) is 1.00. The Morgan fingerprint density at radius 3 is 2.27 bits per heavy atom. The topological polar surface area (TPSA) is 38.0 Å². The summed E-state index contributed by atoms with van der Waals surface area (Å²) in [5, 5.41) is 3.73. The predicted molar refractivity (Wildman–Crippen MR) is 64.7 cm³/mol. The molecule has 0 bridgehead atoms. The van der Waals surface area contributed by atoms with Gasteiger partial charge < -0.3 is 11.1 Å². The number of nitrogens with two attached hydrogens (primary N) is 1. The van der Waals surface area contributed by atoms with Gasteiger partial charge in [0.1, 0.15) is 0 Å². The lowest BCUT2D eigenvalue weighted by atomic mass is 10.1. The van der Waals surface area contributed by atoms with Crippen LogP contribution in [0, 0.1) is 11.8 Å². The van der Waals surface area contributed by atoms with Gasteiger partial charge >= 0.3 is 0 Å². The van der Waals surface area contributed by atoms with Crippen LogP contribution in [0.25, 0.3) is 0 Å². The first-order valence-electron chi connectivity index (χ1n) is 6.80. The van der Waals surface area contributed by atoms with Gasteiger partial charge in [-0.05, 0) is 43.9 Å². The standard InChI is InChI=1S/C13H26N2/c1-2-3-4-12(14)9-15-13(10-5-6-10)11-7-8-11/h10-13,15H,2-9,14H2,1H3. The average Bonchev–Trinajstić information content (AvgIpc) is 3.05. The minimum atomic E-state index is 0.380. The maximum absolute atomic E-state index is 6.09. The van der Waals surface area contributed by atoms with Crippen LogP contribution in [0.15, 0.2) is 0 Å². The molecule has 0 aromatic heterocycles. The van der Waals surface area contributed by atoms with Gasteiger partial charge in [-0.2, -0.15) is 0 Å². The third-order valence-electron chi connectivity index (χ3n) is 3.80. The minimum Gasteiger partial charge on any atom is -0.327 e. The van der Waals surface area contributed by atoms with Gasteiger partial charge in [-0.15, -0.1) is 0 Å². The van der Waals surface area contributed by atoms with Gasteiger partial charge in [0.05, 0.1) is 0 Å². The Labute approximate surface area is 94.0 Å². The minimum absolute atomic E-state index is 0.380. The van der Waals surface area contributed by atoms with Gasteiger partial charge in [0.25, 0.3) is 0 Å². The van der Waals surface area contributed by atoms with Crippen LogP contribution in [0.1, 0.15) is 51.9 Å². The van der Waals surface area contributed by atoms with Crippen molar-refractivity contribution in [2.24, 2.45) is 17.6 Å². The molecule has 0 aromatic rings. The van der Waals surface area contributed by atoms with E-state index in [4.69, 9.17) is 5.73 Å². The molecule has 0 spiro atoms. The van der Waals surface area contributed by atoms with Crippen LogP contribution in [0.2, 0.25) is 0 Å². The molecule has 1 atom stereocenters. The molecule has 2 heteroatoms. The van der Waals surface area contributed by atoms with Crippen LogP contribution in [-0.4, -0.2) is 18.6 Å². The molecule has 1 unspecified atom stereocenters. The van der Waals surface area contributed by atoms with Gasteiger partial charge in [-0.1, -0.05) is 19.8 Å². The SMILES string of the molecule is CCCCC(N)CNC(C1CC1)C1CC1. The summed E-state index contributed by atoms with van der Waals surface area (Å²) in [5.41, 5.74) is 6.09. The number of rotatable bonds is 8. The summed E-state index contributed by atoms with van der Waals surface area (Å²) in [5.74, 6) is 1.99. The first-order valence-corrected chi connectivity index (χ1v) is 6.80. The maximum Gasteiger partial charge on any atom is 0.0165 e. The Bertz CT molecular complexity index is 173. The molecule has 2 rings (SSSR count). The Morgan fingerprint density at radius 1 is 1.20 bits per heavy atom. The number of hydrogen-bond donors (Lipinski definition) is 2. The van der Waals surface area contributed by atoms with Crippen molar-refractivity contribution in [3.63, 3.8) is 0 Å². The Hall–Kier alpha value is -0.0800. The molecule has 0 aromatic carbocycles. The summed E-state index contributed by atoms with van der Waals surface area (Å²) < 4.78 is 0. The summed E-state index contributed by atoms with van der Waals surface area (Å²) in [6.07, 6.45) is 9.56. The van der Waals surface area contributed by atoms with Crippen molar-refractivity contribution in [1.29, 1.82) is 0 Å². The molecule has 0 aliphatic heterocycles. The number of nitrogens with one attached hydrogen (secondary N) is 1. The molecular formula is C13H26N2. The molecule has 0 radical (unpaired) electrons. The van der Waals surface area contributed by atoms with Gasteiger partial charge in [0.15, 0.2) is 0 Å². The van der Waals surface area contributed by atoms with E-state index >= 15 is 0 Å². The van der Waals surface area contributed by atoms with Gasteiger partial charge in [-0.3, -0.25) is 0 Å². The molecule has 15 heavy (non-hydrogen) atoms. The van der Waals surface area contributed by atoms with E-state index in [0.717, 1.165) is 24.4 Å². The second-order valence-electron chi connectivity index (χ2n) is 5.51. The zero-order chi connectivity index (χ0) is 10.7. The van der Waals surface area contributed by atoms with E-state index in [9.17, 15) is 0 Å². The second-order valence-corrected chi connectivity index (χ2v) is 5.51. The molecule has 0 amide bonds. The highest BCUT2D eigenvalue weighted by Gasteiger charge is 2.40. The van der Waals surface area contributed by atoms with Gasteiger partial charge in [-0.25, -0.2) is 0 Å². The third-order valence-corrected chi connectivity index (χ3v) is 3.80. The Kier molecular flexibility index (Phi) is 4.04. The smallest absolute Gasteiger partial charge is 0.0165 e. The molecule has 2 aliphatic rings. The summed E-state index contributed by atoms with van der Waals surface area (Å²) >= 11 is 0. The summed E-state index contributed by atoms with van der Waals surface area (Å²) in [4.78, 5) is 0. The third kappa shape index (κ3) is 3.76. The highest BCUT2D eigenvalue weighted by Crippen LogP contribution is 2.44. The highest BCUT2D eigenvalue weighted by molar-refractivity contribution is 4.96. The van der Waals surface area contributed by atoms with E-state index in [2.05, 4.69) is 12.2 Å². The fourth-order valence-corrected chi connectivity index (χ4v) is 2.48. The zero-order valence-corrected chi connectivity index (χ0v) is 10.0. The van der Waals surface area contributed by atoms with E-state index in [-0.39, 0.29) is 0 Å². The van der Waals surface area contributed by atoms with Gasteiger partial charge in [0, 0.05) is 18.6 Å². The number of hydrogen-bond acceptors (Lipinski definition) is 2. The second kappa shape index (κ2) is 5.31. The van der Waals surface area contributed by atoms with E-state index in [1.165, 1.54) is 44.9 Å². The lowest BCUT2D eigenvalue weighted by molar-refractivity contribution is 0.392. The van der Waals surface area contributed by atoms with E-state index < -0.39 is 0 Å². The van der Waals surface area contributed by atoms with Crippen molar-refractivity contribution in [2.75, 3.05) is 6.54 Å². The van der Waals surface area contributed by atoms with Crippen molar-refractivity contribution >= 4 is 0 Å². The monoisotopic (exact) mass is 210 g/mol. The lowest BCUT2D eigenvalue weighted by Gasteiger charge is -2.20. The van der Waals surface area contributed by atoms with Crippen LogP contribution in [0.4, 0.5) is 0 Å². The highest BCUT2D eigenvalue weighted by atomic mass is 15.0.